The number of aryl methyl sites for hydroxylation is 1. The van der Waals surface area contributed by atoms with Crippen LogP contribution in [0.2, 0.25) is 0 Å². The zero-order valence-electron chi connectivity index (χ0n) is 12.7. The summed E-state index contributed by atoms with van der Waals surface area (Å²) in [7, 11) is 0. The second-order valence-electron chi connectivity index (χ2n) is 5.09. The first-order chi connectivity index (χ1) is 11.5. The number of carbonyl (C=O) groups excluding carboxylic acids is 1. The lowest BCUT2D eigenvalue weighted by Crippen LogP contribution is -2.22. The fourth-order valence-electron chi connectivity index (χ4n) is 2.22. The number of amides is 1. The number of fused-ring (bicyclic) bond motifs is 1. The largest absolute Gasteiger partial charge is 0.478 e. The Kier molecular flexibility index (Phi) is 4.39. The first-order valence-electron chi connectivity index (χ1n) is 7.11. The van der Waals surface area contributed by atoms with E-state index in [0.717, 1.165) is 15.1 Å². The van der Waals surface area contributed by atoms with Gasteiger partial charge in [0.2, 0.25) is 5.91 Å². The Morgan fingerprint density at radius 1 is 1.25 bits per heavy atom. The van der Waals surface area contributed by atoms with Crippen molar-refractivity contribution in [1.82, 2.24) is 9.97 Å². The molecule has 3 aromatic rings. The van der Waals surface area contributed by atoms with Crippen LogP contribution < -0.4 is 10.6 Å². The molecule has 0 radical (unpaired) electrons. The summed E-state index contributed by atoms with van der Waals surface area (Å²) < 4.78 is 0. The molecule has 0 fully saturated rings. The normalized spacial score (nSPS) is 10.5. The van der Waals surface area contributed by atoms with Gasteiger partial charge in [-0.05, 0) is 31.2 Å². The molecular formula is C16H14N4O3S. The van der Waals surface area contributed by atoms with Gasteiger partial charge in [-0.15, -0.1) is 11.3 Å². The molecule has 2 aromatic heterocycles. The summed E-state index contributed by atoms with van der Waals surface area (Å²) in [5, 5.41) is 15.5. The van der Waals surface area contributed by atoms with Gasteiger partial charge >= 0.3 is 5.97 Å². The maximum absolute atomic E-state index is 12.0. The average Bonchev–Trinajstić information content (AvgIpc) is 2.94. The fraction of sp³-hybridized carbons (Fsp3) is 0.125. The van der Waals surface area contributed by atoms with Crippen molar-refractivity contribution >= 4 is 44.9 Å². The molecule has 0 bridgehead atoms. The number of rotatable bonds is 5. The van der Waals surface area contributed by atoms with E-state index >= 15 is 0 Å². The molecule has 0 aliphatic rings. The van der Waals surface area contributed by atoms with E-state index in [1.54, 1.807) is 23.5 Å². The van der Waals surface area contributed by atoms with Crippen molar-refractivity contribution in [3.8, 4) is 0 Å². The molecule has 1 aromatic carbocycles. The van der Waals surface area contributed by atoms with Gasteiger partial charge in [0.1, 0.15) is 17.0 Å². The smallest absolute Gasteiger partial charge is 0.335 e. The van der Waals surface area contributed by atoms with E-state index in [-0.39, 0.29) is 18.0 Å². The molecule has 7 nitrogen and oxygen atoms in total. The predicted octanol–water partition coefficient (Wildman–Crippen LogP) is 2.75. The second-order valence-corrected chi connectivity index (χ2v) is 6.32. The standard InChI is InChI=1S/C16H14N4O3S/c1-9-5-12-14(18-8-19-15(12)24-9)17-7-13(21)20-11-4-2-3-10(6-11)16(22)23/h2-6,8H,7H2,1H3,(H,20,21)(H,22,23)(H,17,18,19). The molecule has 0 unspecified atom stereocenters. The number of nitrogens with one attached hydrogen (secondary N) is 2. The number of hydrogen-bond donors (Lipinski definition) is 3. The molecule has 3 N–H and O–H groups in total. The van der Waals surface area contributed by atoms with Gasteiger partial charge in [0, 0.05) is 10.6 Å². The van der Waals surface area contributed by atoms with Crippen LogP contribution in [0.25, 0.3) is 10.2 Å². The first kappa shape index (κ1) is 15.9. The number of thiophene rings is 1. The SMILES string of the molecule is Cc1cc2c(NCC(=O)Nc3cccc(C(=O)O)c3)ncnc2s1. The fourth-order valence-corrected chi connectivity index (χ4v) is 3.06. The molecule has 1 amide bonds. The van der Waals surface area contributed by atoms with E-state index in [4.69, 9.17) is 5.11 Å². The van der Waals surface area contributed by atoms with E-state index < -0.39 is 5.97 Å². The molecule has 3 rings (SSSR count). The number of benzene rings is 1. The van der Waals surface area contributed by atoms with Gasteiger partial charge in [-0.25, -0.2) is 14.8 Å². The number of anilines is 2. The Hall–Kier alpha value is -3.00. The van der Waals surface area contributed by atoms with Crippen LogP contribution in [0, 0.1) is 6.92 Å². The third-order valence-electron chi connectivity index (χ3n) is 3.26. The summed E-state index contributed by atoms with van der Waals surface area (Å²) in [5.74, 6) is -0.740. The highest BCUT2D eigenvalue weighted by Gasteiger charge is 2.09. The van der Waals surface area contributed by atoms with Crippen molar-refractivity contribution in [2.75, 3.05) is 17.2 Å². The van der Waals surface area contributed by atoms with Gasteiger partial charge in [0.15, 0.2) is 0 Å². The van der Waals surface area contributed by atoms with Crippen molar-refractivity contribution in [2.24, 2.45) is 0 Å². The number of carbonyl (C=O) groups is 2. The van der Waals surface area contributed by atoms with E-state index in [2.05, 4.69) is 20.6 Å². The van der Waals surface area contributed by atoms with Crippen LogP contribution in [0.1, 0.15) is 15.2 Å². The van der Waals surface area contributed by atoms with Crippen molar-refractivity contribution < 1.29 is 14.7 Å². The minimum atomic E-state index is -1.04. The minimum absolute atomic E-state index is 0.0122. The molecule has 0 aliphatic carbocycles. The molecule has 8 heteroatoms. The molecule has 0 saturated carbocycles. The van der Waals surface area contributed by atoms with Gasteiger partial charge < -0.3 is 15.7 Å². The summed E-state index contributed by atoms with van der Waals surface area (Å²) in [6.07, 6.45) is 1.45. The maximum atomic E-state index is 12.0. The van der Waals surface area contributed by atoms with Crippen LogP contribution >= 0.6 is 11.3 Å². The van der Waals surface area contributed by atoms with E-state index in [1.807, 2.05) is 13.0 Å². The van der Waals surface area contributed by atoms with Crippen LogP contribution in [0.3, 0.4) is 0 Å². The van der Waals surface area contributed by atoms with Crippen LogP contribution in [0.15, 0.2) is 36.7 Å². The van der Waals surface area contributed by atoms with Crippen LogP contribution in [-0.4, -0.2) is 33.5 Å². The minimum Gasteiger partial charge on any atom is -0.478 e. The van der Waals surface area contributed by atoms with Gasteiger partial charge in [-0.1, -0.05) is 6.07 Å². The summed E-state index contributed by atoms with van der Waals surface area (Å²) in [6, 6.07) is 8.05. The Balaban J connectivity index is 1.67. The first-order valence-corrected chi connectivity index (χ1v) is 7.93. The van der Waals surface area contributed by atoms with E-state index in [9.17, 15) is 9.59 Å². The molecule has 122 valence electrons. The summed E-state index contributed by atoms with van der Waals surface area (Å²) in [6.45, 7) is 2.00. The van der Waals surface area contributed by atoms with E-state index in [1.165, 1.54) is 18.5 Å². The molecule has 0 saturated heterocycles. The zero-order valence-corrected chi connectivity index (χ0v) is 13.6. The number of carboxylic acid groups (broad SMARTS) is 1. The Bertz CT molecular complexity index is 923. The number of aromatic carboxylic acids is 1. The highest BCUT2D eigenvalue weighted by atomic mass is 32.1. The van der Waals surface area contributed by atoms with Crippen molar-refractivity contribution in [3.63, 3.8) is 0 Å². The Morgan fingerprint density at radius 2 is 2.08 bits per heavy atom. The molecular weight excluding hydrogens is 328 g/mol. The average molecular weight is 342 g/mol. The molecule has 24 heavy (non-hydrogen) atoms. The Labute approximate surface area is 141 Å². The number of carboxylic acids is 1. The van der Waals surface area contributed by atoms with Crippen molar-refractivity contribution in [1.29, 1.82) is 0 Å². The van der Waals surface area contributed by atoms with Crippen LogP contribution in [0.5, 0.6) is 0 Å². The van der Waals surface area contributed by atoms with Gasteiger partial charge in [-0.2, -0.15) is 0 Å². The number of nitrogens with zero attached hydrogens (tertiary/aromatic N) is 2. The molecule has 0 aliphatic heterocycles. The van der Waals surface area contributed by atoms with Crippen molar-refractivity contribution in [2.45, 2.75) is 6.92 Å². The lowest BCUT2D eigenvalue weighted by Gasteiger charge is -2.08. The predicted molar refractivity (Wildman–Crippen MR) is 92.7 cm³/mol. The van der Waals surface area contributed by atoms with Crippen molar-refractivity contribution in [3.05, 3.63) is 47.1 Å². The number of aromatic nitrogens is 2. The quantitative estimate of drug-likeness (QED) is 0.658. The third kappa shape index (κ3) is 3.49. The molecule has 2 heterocycles. The van der Waals surface area contributed by atoms with E-state index in [0.29, 0.717) is 11.5 Å². The Morgan fingerprint density at radius 3 is 2.88 bits per heavy atom. The van der Waals surface area contributed by atoms with Gasteiger partial charge in [0.25, 0.3) is 0 Å². The zero-order chi connectivity index (χ0) is 17.1. The lowest BCUT2D eigenvalue weighted by molar-refractivity contribution is -0.114. The lowest BCUT2D eigenvalue weighted by atomic mass is 10.2. The molecule has 0 spiro atoms. The molecule has 0 atom stereocenters. The van der Waals surface area contributed by atoms with Gasteiger partial charge in [-0.3, -0.25) is 4.79 Å². The summed E-state index contributed by atoms with van der Waals surface area (Å²) in [5.41, 5.74) is 0.549. The third-order valence-corrected chi connectivity index (χ3v) is 4.22. The maximum Gasteiger partial charge on any atom is 0.335 e. The monoisotopic (exact) mass is 342 g/mol. The van der Waals surface area contributed by atoms with Crippen LogP contribution in [0.4, 0.5) is 11.5 Å². The second kappa shape index (κ2) is 6.63. The highest BCUT2D eigenvalue weighted by Crippen LogP contribution is 2.27. The van der Waals surface area contributed by atoms with Gasteiger partial charge in [0.05, 0.1) is 17.5 Å². The van der Waals surface area contributed by atoms with Crippen LogP contribution in [-0.2, 0) is 4.79 Å². The highest BCUT2D eigenvalue weighted by molar-refractivity contribution is 7.18. The summed E-state index contributed by atoms with van der Waals surface area (Å²) >= 11 is 1.56. The number of hydrogen-bond acceptors (Lipinski definition) is 6. The summed E-state index contributed by atoms with van der Waals surface area (Å²) in [4.78, 5) is 33.3. The topological polar surface area (TPSA) is 104 Å².